The Bertz CT molecular complexity index is 940. The third-order valence-corrected chi connectivity index (χ3v) is 5.35. The van der Waals surface area contributed by atoms with E-state index in [1.54, 1.807) is 6.92 Å². The Morgan fingerprint density at radius 3 is 2.57 bits per heavy atom. The fourth-order valence-corrected chi connectivity index (χ4v) is 3.26. The van der Waals surface area contributed by atoms with Gasteiger partial charge in [-0.05, 0) is 48.8 Å². The molecule has 2 aliphatic heterocycles. The van der Waals surface area contributed by atoms with Crippen molar-refractivity contribution in [1.82, 2.24) is 10.2 Å². The first-order chi connectivity index (χ1) is 14.2. The van der Waals surface area contributed by atoms with Gasteiger partial charge in [0.15, 0.2) is 0 Å². The molecule has 0 radical (unpaired) electrons. The highest BCUT2D eigenvalue weighted by Crippen LogP contribution is 2.30. The lowest BCUT2D eigenvalue weighted by molar-refractivity contribution is -0.137. The zero-order chi connectivity index (χ0) is 21.9. The summed E-state index contributed by atoms with van der Waals surface area (Å²) in [6, 6.07) is 5.10. The number of halogens is 5. The van der Waals surface area contributed by atoms with Gasteiger partial charge in [0.1, 0.15) is 12.0 Å². The highest BCUT2D eigenvalue weighted by Gasteiger charge is 2.30. The van der Waals surface area contributed by atoms with Gasteiger partial charge in [-0.25, -0.2) is 4.39 Å². The monoisotopic (exact) mass is 439 g/mol. The molecule has 1 atom stereocenters. The molecule has 8 heteroatoms. The molecule has 0 amide bonds. The first kappa shape index (κ1) is 22.2. The number of rotatable bonds is 6. The van der Waals surface area contributed by atoms with Crippen molar-refractivity contribution in [1.29, 1.82) is 0 Å². The standard InChI is InChI=1S/C22H22ClF4N3/c1-3-16(10-18(24)14(2)11-23)21-28-19-8-9-30(13-20(19)29-21)12-15-4-6-17(7-5-15)22(25,26)27/h3-9,13,21,29H,10-12H2,1-2H3/b16-3+,18-14-. The van der Waals surface area contributed by atoms with Gasteiger partial charge in [-0.3, -0.25) is 4.99 Å². The summed E-state index contributed by atoms with van der Waals surface area (Å²) in [5.74, 6) is -0.120. The van der Waals surface area contributed by atoms with E-state index in [1.807, 2.05) is 36.4 Å². The summed E-state index contributed by atoms with van der Waals surface area (Å²) >= 11 is 5.71. The molecule has 30 heavy (non-hydrogen) atoms. The van der Waals surface area contributed by atoms with Gasteiger partial charge < -0.3 is 10.2 Å². The average molecular weight is 440 g/mol. The van der Waals surface area contributed by atoms with Crippen LogP contribution in [0.25, 0.3) is 0 Å². The Hall–Kier alpha value is -2.54. The van der Waals surface area contributed by atoms with Gasteiger partial charge in [0.25, 0.3) is 0 Å². The zero-order valence-corrected chi connectivity index (χ0v) is 17.4. The Kier molecular flexibility index (Phi) is 6.71. The summed E-state index contributed by atoms with van der Waals surface area (Å²) in [5.41, 5.74) is 2.91. The summed E-state index contributed by atoms with van der Waals surface area (Å²) in [7, 11) is 0. The molecule has 1 aromatic carbocycles. The normalized spacial score (nSPS) is 19.8. The molecular weight excluding hydrogens is 418 g/mol. The first-order valence-electron chi connectivity index (χ1n) is 9.43. The van der Waals surface area contributed by atoms with Gasteiger partial charge in [-0.15, -0.1) is 11.6 Å². The van der Waals surface area contributed by atoms with Crippen molar-refractivity contribution in [2.24, 2.45) is 4.99 Å². The molecule has 1 N–H and O–H groups in total. The lowest BCUT2D eigenvalue weighted by Crippen LogP contribution is -2.26. The van der Waals surface area contributed by atoms with E-state index < -0.39 is 11.7 Å². The summed E-state index contributed by atoms with van der Waals surface area (Å²) in [6.45, 7) is 3.91. The van der Waals surface area contributed by atoms with Crippen molar-refractivity contribution in [3.63, 3.8) is 0 Å². The second-order valence-corrected chi connectivity index (χ2v) is 7.41. The summed E-state index contributed by atoms with van der Waals surface area (Å²) in [5, 5.41) is 3.28. The number of fused-ring (bicyclic) bond motifs is 1. The second-order valence-electron chi connectivity index (χ2n) is 7.15. The number of nitrogens with one attached hydrogen (secondary N) is 1. The van der Waals surface area contributed by atoms with Gasteiger partial charge in [0.05, 0.1) is 17.0 Å². The molecule has 3 rings (SSSR count). The van der Waals surface area contributed by atoms with Gasteiger partial charge >= 0.3 is 6.18 Å². The Morgan fingerprint density at radius 2 is 1.97 bits per heavy atom. The number of nitrogens with zero attached hydrogens (tertiary/aromatic N) is 2. The molecule has 2 heterocycles. The molecule has 0 aliphatic carbocycles. The van der Waals surface area contributed by atoms with Crippen molar-refractivity contribution in [3.05, 3.63) is 82.6 Å². The number of alkyl halides is 4. The smallest absolute Gasteiger partial charge is 0.357 e. The predicted octanol–water partition coefficient (Wildman–Crippen LogP) is 6.07. The van der Waals surface area contributed by atoms with Gasteiger partial charge in [-0.2, -0.15) is 13.2 Å². The van der Waals surface area contributed by atoms with Gasteiger partial charge in [-0.1, -0.05) is 18.2 Å². The van der Waals surface area contributed by atoms with Crippen LogP contribution in [0, 0.1) is 0 Å². The van der Waals surface area contributed by atoms with E-state index in [0.29, 0.717) is 12.1 Å². The number of aliphatic imine (C=N–C) groups is 1. The molecule has 0 saturated carbocycles. The van der Waals surface area contributed by atoms with Gasteiger partial charge in [0.2, 0.25) is 0 Å². The van der Waals surface area contributed by atoms with E-state index in [-0.39, 0.29) is 24.3 Å². The van der Waals surface area contributed by atoms with Crippen LogP contribution in [-0.2, 0) is 12.7 Å². The van der Waals surface area contributed by atoms with E-state index >= 15 is 0 Å². The highest BCUT2D eigenvalue weighted by atomic mass is 35.5. The van der Waals surface area contributed by atoms with Crippen molar-refractivity contribution in [2.45, 2.75) is 39.2 Å². The van der Waals surface area contributed by atoms with Crippen LogP contribution in [0.3, 0.4) is 0 Å². The maximum Gasteiger partial charge on any atom is 0.416 e. The Labute approximate surface area is 178 Å². The van der Waals surface area contributed by atoms with E-state index in [4.69, 9.17) is 11.6 Å². The quantitative estimate of drug-likeness (QED) is 0.331. The molecule has 1 unspecified atom stereocenters. The fraction of sp³-hybridized carbons (Fsp3) is 0.318. The molecular formula is C22H22ClF4N3. The van der Waals surface area contributed by atoms with Crippen molar-refractivity contribution in [3.8, 4) is 0 Å². The first-order valence-corrected chi connectivity index (χ1v) is 9.96. The minimum Gasteiger partial charge on any atom is -0.357 e. The summed E-state index contributed by atoms with van der Waals surface area (Å²) < 4.78 is 52.4. The van der Waals surface area contributed by atoms with Crippen molar-refractivity contribution < 1.29 is 17.6 Å². The molecule has 0 bridgehead atoms. The van der Waals surface area contributed by atoms with E-state index in [1.165, 1.54) is 12.1 Å². The third kappa shape index (κ3) is 5.14. The van der Waals surface area contributed by atoms with Gasteiger partial charge in [0, 0.05) is 31.2 Å². The SMILES string of the molecule is C/C=C(\C/C(F)=C(\C)CCl)C1N=C2C=CN(Cc3ccc(C(F)(F)F)cc3)C=C2N1. The maximum absolute atomic E-state index is 14.2. The lowest BCUT2D eigenvalue weighted by Gasteiger charge is -2.21. The minimum absolute atomic E-state index is 0.135. The molecule has 0 saturated heterocycles. The molecule has 1 aromatic rings. The van der Waals surface area contributed by atoms with Crippen LogP contribution in [-0.4, -0.2) is 22.7 Å². The molecule has 0 aromatic heterocycles. The second kappa shape index (κ2) is 9.08. The molecule has 3 nitrogen and oxygen atoms in total. The number of benzene rings is 1. The van der Waals surface area contributed by atoms with Crippen LogP contribution in [0.5, 0.6) is 0 Å². The lowest BCUT2D eigenvalue weighted by atomic mass is 10.1. The van der Waals surface area contributed by atoms with Crippen LogP contribution in [0.15, 0.2) is 76.5 Å². The number of allylic oxidation sites excluding steroid dienone is 4. The molecule has 0 spiro atoms. The largest absolute Gasteiger partial charge is 0.416 e. The van der Waals surface area contributed by atoms with Crippen LogP contribution < -0.4 is 5.32 Å². The summed E-state index contributed by atoms with van der Waals surface area (Å²) in [4.78, 5) is 6.47. The predicted molar refractivity (Wildman–Crippen MR) is 111 cm³/mol. The van der Waals surface area contributed by atoms with Crippen molar-refractivity contribution in [2.75, 3.05) is 5.88 Å². The highest BCUT2D eigenvalue weighted by molar-refractivity contribution is 6.19. The van der Waals surface area contributed by atoms with Crippen LogP contribution in [0.2, 0.25) is 0 Å². The molecule has 0 fully saturated rings. The van der Waals surface area contributed by atoms with E-state index in [0.717, 1.165) is 34.7 Å². The molecule has 2 aliphatic rings. The maximum atomic E-state index is 14.2. The van der Waals surface area contributed by atoms with Crippen molar-refractivity contribution >= 4 is 17.3 Å². The summed E-state index contributed by atoms with van der Waals surface area (Å²) in [6.07, 6.45) is 2.75. The number of hydrogen-bond acceptors (Lipinski definition) is 3. The zero-order valence-electron chi connectivity index (χ0n) is 16.6. The van der Waals surface area contributed by atoms with Crippen LogP contribution in [0.1, 0.15) is 31.4 Å². The Balaban J connectivity index is 1.68. The molecule has 160 valence electrons. The fourth-order valence-electron chi connectivity index (χ4n) is 3.12. The number of hydrogen-bond donors (Lipinski definition) is 1. The van der Waals surface area contributed by atoms with E-state index in [2.05, 4.69) is 10.3 Å². The van der Waals surface area contributed by atoms with Crippen LogP contribution >= 0.6 is 11.6 Å². The average Bonchev–Trinajstić information content (AvgIpc) is 3.14. The topological polar surface area (TPSA) is 27.6 Å². The Morgan fingerprint density at radius 1 is 1.27 bits per heavy atom. The van der Waals surface area contributed by atoms with E-state index in [9.17, 15) is 17.6 Å². The van der Waals surface area contributed by atoms with Crippen LogP contribution in [0.4, 0.5) is 17.6 Å². The minimum atomic E-state index is -4.35. The third-order valence-electron chi connectivity index (χ3n) is 4.95.